The lowest BCUT2D eigenvalue weighted by Crippen LogP contribution is -2.30. The van der Waals surface area contributed by atoms with Crippen LogP contribution < -0.4 is 5.32 Å². The smallest absolute Gasteiger partial charge is 0.337 e. The van der Waals surface area contributed by atoms with Gasteiger partial charge >= 0.3 is 11.9 Å². The minimum atomic E-state index is -0.636. The molecule has 2 heterocycles. The molecule has 142 valence electrons. The van der Waals surface area contributed by atoms with Crippen molar-refractivity contribution in [3.8, 4) is 0 Å². The molecule has 0 radical (unpaired) electrons. The van der Waals surface area contributed by atoms with Crippen LogP contribution in [0.4, 0.5) is 0 Å². The highest BCUT2D eigenvalue weighted by atomic mass is 35.5. The maximum absolute atomic E-state index is 13.0. The van der Waals surface area contributed by atoms with Gasteiger partial charge in [-0.3, -0.25) is 0 Å². The molecule has 0 amide bonds. The van der Waals surface area contributed by atoms with Crippen LogP contribution in [0.2, 0.25) is 5.02 Å². The van der Waals surface area contributed by atoms with E-state index in [1.54, 1.807) is 19.1 Å². The molecule has 0 saturated carbocycles. The normalized spacial score (nSPS) is 18.5. The van der Waals surface area contributed by atoms with Crippen molar-refractivity contribution in [3.63, 3.8) is 0 Å². The number of cyclic esters (lactones) is 1. The van der Waals surface area contributed by atoms with Gasteiger partial charge in [0.25, 0.3) is 0 Å². The Hall–Kier alpha value is -3.05. The standard InChI is InChI=1S/C22H18ClNO4/c1-13-18(21(25)27-11-14-7-3-2-4-8-14)19(15-9-5-6-10-16(15)23)20-17(24-13)12-28-22(20)26/h2-10,19,24H,11-12H2,1H3. The number of hydrogen-bond donors (Lipinski definition) is 1. The number of rotatable bonds is 4. The topological polar surface area (TPSA) is 64.6 Å². The number of esters is 2. The van der Waals surface area contributed by atoms with Crippen molar-refractivity contribution < 1.29 is 19.1 Å². The molecule has 1 N–H and O–H groups in total. The van der Waals surface area contributed by atoms with Crippen LogP contribution in [0, 0.1) is 0 Å². The number of ether oxygens (including phenoxy) is 2. The predicted octanol–water partition coefficient (Wildman–Crippen LogP) is 3.86. The highest BCUT2D eigenvalue weighted by Gasteiger charge is 2.42. The summed E-state index contributed by atoms with van der Waals surface area (Å²) >= 11 is 6.42. The van der Waals surface area contributed by atoms with E-state index >= 15 is 0 Å². The Morgan fingerprint density at radius 2 is 1.89 bits per heavy atom. The Bertz CT molecular complexity index is 1010. The van der Waals surface area contributed by atoms with E-state index in [1.165, 1.54) is 0 Å². The van der Waals surface area contributed by atoms with Crippen LogP contribution in [-0.4, -0.2) is 18.5 Å². The van der Waals surface area contributed by atoms with E-state index in [-0.39, 0.29) is 13.2 Å². The van der Waals surface area contributed by atoms with Crippen LogP contribution in [0.5, 0.6) is 0 Å². The highest BCUT2D eigenvalue weighted by molar-refractivity contribution is 6.31. The molecular weight excluding hydrogens is 378 g/mol. The molecule has 1 atom stereocenters. The number of benzene rings is 2. The summed E-state index contributed by atoms with van der Waals surface area (Å²) in [6, 6.07) is 16.6. The average Bonchev–Trinajstić information content (AvgIpc) is 3.07. The van der Waals surface area contributed by atoms with Gasteiger partial charge in [0.1, 0.15) is 13.2 Å². The Labute approximate surface area is 167 Å². The molecule has 0 aliphatic carbocycles. The van der Waals surface area contributed by atoms with Gasteiger partial charge in [0, 0.05) is 10.7 Å². The van der Waals surface area contributed by atoms with Crippen molar-refractivity contribution in [1.82, 2.24) is 5.32 Å². The number of nitrogens with one attached hydrogen (secondary N) is 1. The second-order valence-electron chi connectivity index (χ2n) is 6.65. The van der Waals surface area contributed by atoms with Crippen molar-refractivity contribution in [2.75, 3.05) is 6.61 Å². The third-order valence-corrected chi connectivity index (χ3v) is 5.21. The molecule has 0 fully saturated rings. The molecule has 0 spiro atoms. The maximum Gasteiger partial charge on any atom is 0.337 e. The minimum absolute atomic E-state index is 0.141. The van der Waals surface area contributed by atoms with Gasteiger partial charge < -0.3 is 14.8 Å². The molecule has 4 rings (SSSR count). The summed E-state index contributed by atoms with van der Waals surface area (Å²) < 4.78 is 10.8. The first-order valence-electron chi connectivity index (χ1n) is 8.89. The zero-order chi connectivity index (χ0) is 19.7. The summed E-state index contributed by atoms with van der Waals surface area (Å²) in [5.74, 6) is -1.58. The summed E-state index contributed by atoms with van der Waals surface area (Å²) in [6.45, 7) is 2.08. The zero-order valence-corrected chi connectivity index (χ0v) is 16.0. The number of hydrogen-bond acceptors (Lipinski definition) is 5. The number of halogens is 1. The third kappa shape index (κ3) is 3.29. The van der Waals surface area contributed by atoms with Gasteiger partial charge in [0.05, 0.1) is 22.8 Å². The van der Waals surface area contributed by atoms with E-state index in [1.807, 2.05) is 42.5 Å². The molecule has 5 nitrogen and oxygen atoms in total. The van der Waals surface area contributed by atoms with E-state index in [9.17, 15) is 9.59 Å². The van der Waals surface area contributed by atoms with E-state index < -0.39 is 17.9 Å². The Morgan fingerprint density at radius 3 is 2.64 bits per heavy atom. The van der Waals surface area contributed by atoms with Gasteiger partial charge in [0.2, 0.25) is 0 Å². The SMILES string of the molecule is CC1=C(C(=O)OCc2ccccc2)C(c2ccccc2Cl)C2=C(COC2=O)N1. The lowest BCUT2D eigenvalue weighted by molar-refractivity contribution is -0.140. The quantitative estimate of drug-likeness (QED) is 0.796. The molecule has 1 unspecified atom stereocenters. The lowest BCUT2D eigenvalue weighted by Gasteiger charge is -2.28. The van der Waals surface area contributed by atoms with Crippen LogP contribution in [0.15, 0.2) is 77.1 Å². The predicted molar refractivity (Wildman–Crippen MR) is 104 cm³/mol. The molecule has 2 aliphatic heterocycles. The first kappa shape index (κ1) is 18.3. The fraction of sp³-hybridized carbons (Fsp3) is 0.182. The van der Waals surface area contributed by atoms with E-state index in [4.69, 9.17) is 21.1 Å². The Morgan fingerprint density at radius 1 is 1.18 bits per heavy atom. The molecule has 2 aromatic rings. The Kier molecular flexibility index (Phi) is 4.92. The van der Waals surface area contributed by atoms with Gasteiger partial charge in [0.15, 0.2) is 0 Å². The Balaban J connectivity index is 1.71. The number of carbonyl (C=O) groups is 2. The second kappa shape index (κ2) is 7.52. The van der Waals surface area contributed by atoms with E-state index in [0.29, 0.717) is 33.1 Å². The maximum atomic E-state index is 13.0. The molecule has 2 aliphatic rings. The van der Waals surface area contributed by atoms with Gasteiger partial charge in [-0.1, -0.05) is 60.1 Å². The van der Waals surface area contributed by atoms with Crippen LogP contribution >= 0.6 is 11.6 Å². The minimum Gasteiger partial charge on any atom is -0.457 e. The van der Waals surface area contributed by atoms with Crippen molar-refractivity contribution in [2.45, 2.75) is 19.4 Å². The molecule has 0 bridgehead atoms. The summed E-state index contributed by atoms with van der Waals surface area (Å²) in [5.41, 5.74) is 3.61. The van der Waals surface area contributed by atoms with Crippen LogP contribution in [0.25, 0.3) is 0 Å². The molecule has 2 aromatic carbocycles. The van der Waals surface area contributed by atoms with Crippen LogP contribution in [0.3, 0.4) is 0 Å². The molecule has 0 saturated heterocycles. The van der Waals surface area contributed by atoms with Crippen LogP contribution in [-0.2, 0) is 25.7 Å². The van der Waals surface area contributed by atoms with Crippen molar-refractivity contribution >= 4 is 23.5 Å². The zero-order valence-electron chi connectivity index (χ0n) is 15.2. The molecular formula is C22H18ClNO4. The van der Waals surface area contributed by atoms with Crippen molar-refractivity contribution in [1.29, 1.82) is 0 Å². The molecule has 6 heteroatoms. The van der Waals surface area contributed by atoms with Gasteiger partial charge in [-0.05, 0) is 24.1 Å². The molecule has 0 aromatic heterocycles. The van der Waals surface area contributed by atoms with Crippen molar-refractivity contribution in [2.24, 2.45) is 0 Å². The summed E-state index contributed by atoms with van der Waals surface area (Å²) in [4.78, 5) is 25.5. The van der Waals surface area contributed by atoms with Crippen molar-refractivity contribution in [3.05, 3.63) is 93.3 Å². The number of carbonyl (C=O) groups excluding carboxylic acids is 2. The highest BCUT2D eigenvalue weighted by Crippen LogP contribution is 2.43. The number of allylic oxidation sites excluding steroid dienone is 1. The van der Waals surface area contributed by atoms with E-state index in [2.05, 4.69) is 5.32 Å². The second-order valence-corrected chi connectivity index (χ2v) is 7.06. The first-order chi connectivity index (χ1) is 13.6. The van der Waals surface area contributed by atoms with Gasteiger partial charge in [-0.15, -0.1) is 0 Å². The summed E-state index contributed by atoms with van der Waals surface area (Å²) in [5, 5.41) is 3.60. The third-order valence-electron chi connectivity index (χ3n) is 4.86. The molecule has 28 heavy (non-hydrogen) atoms. The summed E-state index contributed by atoms with van der Waals surface area (Å²) in [7, 11) is 0. The van der Waals surface area contributed by atoms with Crippen LogP contribution in [0.1, 0.15) is 24.0 Å². The largest absolute Gasteiger partial charge is 0.457 e. The monoisotopic (exact) mass is 395 g/mol. The number of dihydropyridines is 1. The van der Waals surface area contributed by atoms with E-state index in [0.717, 1.165) is 5.56 Å². The average molecular weight is 396 g/mol. The fourth-order valence-corrected chi connectivity index (χ4v) is 3.80. The fourth-order valence-electron chi connectivity index (χ4n) is 3.56. The summed E-state index contributed by atoms with van der Waals surface area (Å²) in [6.07, 6.45) is 0. The lowest BCUT2D eigenvalue weighted by atomic mass is 9.81. The van der Waals surface area contributed by atoms with Gasteiger partial charge in [-0.25, -0.2) is 9.59 Å². The first-order valence-corrected chi connectivity index (χ1v) is 9.27. The van der Waals surface area contributed by atoms with Gasteiger partial charge in [-0.2, -0.15) is 0 Å².